The maximum absolute atomic E-state index is 12.6. The van der Waals surface area contributed by atoms with E-state index in [1.165, 1.54) is 23.1 Å². The number of carbonyl (C=O) groups excluding carboxylic acids is 2. The molecule has 2 heterocycles. The summed E-state index contributed by atoms with van der Waals surface area (Å²) in [6.45, 7) is 0. The van der Waals surface area contributed by atoms with E-state index in [1.807, 2.05) is 35.0 Å². The lowest BCUT2D eigenvalue weighted by molar-refractivity contribution is -0.113. The molecule has 0 atom stereocenters. The Morgan fingerprint density at radius 3 is 2.76 bits per heavy atom. The molecule has 0 bridgehead atoms. The fourth-order valence-electron chi connectivity index (χ4n) is 3.40. The summed E-state index contributed by atoms with van der Waals surface area (Å²) in [7, 11) is 0. The summed E-state index contributed by atoms with van der Waals surface area (Å²) >= 11 is 8.74. The van der Waals surface area contributed by atoms with Crippen LogP contribution in [0.3, 0.4) is 0 Å². The zero-order valence-electron chi connectivity index (χ0n) is 15.5. The largest absolute Gasteiger partial charge is 0.365 e. The van der Waals surface area contributed by atoms with E-state index in [-0.39, 0.29) is 11.7 Å². The number of nitrogens with zero attached hydrogens (tertiary/aromatic N) is 2. The topological polar surface area (TPSA) is 90.0 Å². The van der Waals surface area contributed by atoms with Gasteiger partial charge in [0.2, 0.25) is 5.91 Å². The quantitative estimate of drug-likeness (QED) is 0.552. The maximum Gasteiger partial charge on any atom is 0.251 e. The highest BCUT2D eigenvalue weighted by atomic mass is 35.5. The molecule has 0 saturated carbocycles. The van der Waals surface area contributed by atoms with Crippen molar-refractivity contribution in [2.75, 3.05) is 11.1 Å². The van der Waals surface area contributed by atoms with Crippen molar-refractivity contribution in [1.29, 1.82) is 0 Å². The van der Waals surface area contributed by atoms with E-state index in [0.29, 0.717) is 20.7 Å². The van der Waals surface area contributed by atoms with Crippen LogP contribution in [0.4, 0.5) is 5.00 Å². The Hall–Kier alpha value is -2.29. The number of thiophene rings is 1. The first-order valence-electron chi connectivity index (χ1n) is 9.19. The number of benzene rings is 1. The SMILES string of the molecule is NC(=O)c1c(NC(=O)CSc2nccn2-c2ccc(Cl)cc2)sc2c1CCCC2. The average Bonchev–Trinajstić information content (AvgIpc) is 3.31. The number of thioether (sulfide) groups is 1. The Morgan fingerprint density at radius 1 is 1.24 bits per heavy atom. The third-order valence-electron chi connectivity index (χ3n) is 4.71. The number of amides is 2. The first-order chi connectivity index (χ1) is 14.0. The zero-order chi connectivity index (χ0) is 20.4. The monoisotopic (exact) mass is 446 g/mol. The van der Waals surface area contributed by atoms with E-state index in [4.69, 9.17) is 17.3 Å². The van der Waals surface area contributed by atoms with Crippen LogP contribution in [0.15, 0.2) is 41.8 Å². The predicted octanol–water partition coefficient (Wildman–Crippen LogP) is 4.30. The number of aromatic nitrogens is 2. The van der Waals surface area contributed by atoms with Crippen molar-refractivity contribution in [2.24, 2.45) is 5.73 Å². The molecule has 0 aliphatic heterocycles. The van der Waals surface area contributed by atoms with E-state index in [0.717, 1.165) is 41.8 Å². The van der Waals surface area contributed by atoms with Crippen LogP contribution in [-0.4, -0.2) is 27.1 Å². The first kappa shape index (κ1) is 20.0. The number of aryl methyl sites for hydroxylation is 1. The summed E-state index contributed by atoms with van der Waals surface area (Å²) in [5.41, 5.74) is 7.99. The summed E-state index contributed by atoms with van der Waals surface area (Å²) in [5, 5.41) is 4.80. The Kier molecular flexibility index (Phi) is 5.94. The second-order valence-corrected chi connectivity index (χ2v) is 9.16. The van der Waals surface area contributed by atoms with Gasteiger partial charge in [-0.2, -0.15) is 0 Å². The van der Waals surface area contributed by atoms with Gasteiger partial charge in [-0.25, -0.2) is 4.98 Å². The number of hydrogen-bond acceptors (Lipinski definition) is 5. The van der Waals surface area contributed by atoms with Crippen molar-refractivity contribution in [1.82, 2.24) is 9.55 Å². The Morgan fingerprint density at radius 2 is 2.00 bits per heavy atom. The number of fused-ring (bicyclic) bond motifs is 1. The predicted molar refractivity (Wildman–Crippen MR) is 117 cm³/mol. The molecule has 2 amide bonds. The van der Waals surface area contributed by atoms with Gasteiger partial charge in [0.15, 0.2) is 5.16 Å². The van der Waals surface area contributed by atoms with Gasteiger partial charge in [0.05, 0.1) is 11.3 Å². The number of halogens is 1. The van der Waals surface area contributed by atoms with Crippen molar-refractivity contribution >= 4 is 51.5 Å². The van der Waals surface area contributed by atoms with Crippen molar-refractivity contribution < 1.29 is 9.59 Å². The van der Waals surface area contributed by atoms with Gasteiger partial charge >= 0.3 is 0 Å². The van der Waals surface area contributed by atoms with Gasteiger partial charge in [-0.05, 0) is 55.5 Å². The summed E-state index contributed by atoms with van der Waals surface area (Å²) in [4.78, 5) is 30.0. The van der Waals surface area contributed by atoms with Gasteiger partial charge in [0.1, 0.15) is 5.00 Å². The standard InChI is InChI=1S/C20H19ClN4O2S2/c21-12-5-7-13(8-6-12)25-10-9-23-20(25)28-11-16(26)24-19-17(18(22)27)14-3-1-2-4-15(14)29-19/h5-10H,1-4,11H2,(H2,22,27)(H,24,26). The highest BCUT2D eigenvalue weighted by molar-refractivity contribution is 7.99. The van der Waals surface area contributed by atoms with Gasteiger partial charge in [-0.3, -0.25) is 14.2 Å². The Balaban J connectivity index is 1.46. The van der Waals surface area contributed by atoms with Crippen LogP contribution >= 0.6 is 34.7 Å². The van der Waals surface area contributed by atoms with E-state index in [1.54, 1.807) is 6.20 Å². The summed E-state index contributed by atoms with van der Waals surface area (Å²) in [6.07, 6.45) is 7.44. The van der Waals surface area contributed by atoms with Gasteiger partial charge in [-0.15, -0.1) is 11.3 Å². The lowest BCUT2D eigenvalue weighted by Crippen LogP contribution is -2.19. The minimum Gasteiger partial charge on any atom is -0.365 e. The normalized spacial score (nSPS) is 13.1. The third kappa shape index (κ3) is 4.34. The maximum atomic E-state index is 12.6. The van der Waals surface area contributed by atoms with Crippen molar-refractivity contribution in [3.8, 4) is 5.69 Å². The molecule has 29 heavy (non-hydrogen) atoms. The summed E-state index contributed by atoms with van der Waals surface area (Å²) < 4.78 is 1.90. The molecule has 0 unspecified atom stereocenters. The number of anilines is 1. The Labute approximate surface area is 181 Å². The van der Waals surface area contributed by atoms with Crippen LogP contribution in [-0.2, 0) is 17.6 Å². The van der Waals surface area contributed by atoms with E-state index in [9.17, 15) is 9.59 Å². The van der Waals surface area contributed by atoms with Gasteiger partial charge in [0, 0.05) is 28.0 Å². The van der Waals surface area contributed by atoms with E-state index in [2.05, 4.69) is 10.3 Å². The Bertz CT molecular complexity index is 1060. The minimum absolute atomic E-state index is 0.172. The number of nitrogens with two attached hydrogens (primary N) is 1. The number of carbonyl (C=O) groups is 2. The molecule has 3 N–H and O–H groups in total. The molecule has 6 nitrogen and oxygen atoms in total. The van der Waals surface area contributed by atoms with E-state index >= 15 is 0 Å². The lowest BCUT2D eigenvalue weighted by Gasteiger charge is -2.11. The molecule has 0 saturated heterocycles. The van der Waals surface area contributed by atoms with Crippen molar-refractivity contribution in [3.05, 3.63) is 57.7 Å². The molecule has 3 aromatic rings. The molecule has 2 aromatic heterocycles. The molecular formula is C20H19ClN4O2S2. The number of rotatable bonds is 6. The van der Waals surface area contributed by atoms with Crippen molar-refractivity contribution in [2.45, 2.75) is 30.8 Å². The number of primary amides is 1. The molecule has 1 aliphatic rings. The first-order valence-corrected chi connectivity index (χ1v) is 11.4. The second-order valence-electron chi connectivity index (χ2n) is 6.67. The molecular weight excluding hydrogens is 428 g/mol. The van der Waals surface area contributed by atoms with E-state index < -0.39 is 5.91 Å². The molecule has 0 spiro atoms. The molecule has 4 rings (SSSR count). The number of imidazole rings is 1. The molecule has 1 aliphatic carbocycles. The minimum atomic E-state index is -0.481. The highest BCUT2D eigenvalue weighted by Gasteiger charge is 2.25. The molecule has 0 fully saturated rings. The number of nitrogens with one attached hydrogen (secondary N) is 1. The molecule has 150 valence electrons. The second kappa shape index (κ2) is 8.61. The average molecular weight is 447 g/mol. The van der Waals surface area contributed by atoms with Gasteiger partial charge < -0.3 is 11.1 Å². The van der Waals surface area contributed by atoms with Crippen molar-refractivity contribution in [3.63, 3.8) is 0 Å². The molecule has 0 radical (unpaired) electrons. The molecule has 1 aromatic carbocycles. The van der Waals surface area contributed by atoms with Crippen LogP contribution in [0.1, 0.15) is 33.6 Å². The lowest BCUT2D eigenvalue weighted by atomic mass is 9.95. The smallest absolute Gasteiger partial charge is 0.251 e. The summed E-state index contributed by atoms with van der Waals surface area (Å²) in [5.74, 6) is -0.502. The zero-order valence-corrected chi connectivity index (χ0v) is 17.9. The van der Waals surface area contributed by atoms with Crippen LogP contribution in [0.5, 0.6) is 0 Å². The van der Waals surface area contributed by atoms with Gasteiger partial charge in [-0.1, -0.05) is 23.4 Å². The van der Waals surface area contributed by atoms with Crippen LogP contribution in [0.25, 0.3) is 5.69 Å². The van der Waals surface area contributed by atoms with Crippen LogP contribution in [0.2, 0.25) is 5.02 Å². The summed E-state index contributed by atoms with van der Waals surface area (Å²) in [6, 6.07) is 7.40. The van der Waals surface area contributed by atoms with Crippen LogP contribution in [0, 0.1) is 0 Å². The highest BCUT2D eigenvalue weighted by Crippen LogP contribution is 2.38. The molecule has 9 heteroatoms. The fourth-order valence-corrected chi connectivity index (χ4v) is 5.61. The van der Waals surface area contributed by atoms with Crippen LogP contribution < -0.4 is 11.1 Å². The fraction of sp³-hybridized carbons (Fsp3) is 0.250. The van der Waals surface area contributed by atoms with Gasteiger partial charge in [0.25, 0.3) is 5.91 Å². The third-order valence-corrected chi connectivity index (χ3v) is 7.14. The number of hydrogen-bond donors (Lipinski definition) is 2.